The third-order valence-electron chi connectivity index (χ3n) is 2.32. The fourth-order valence-electron chi connectivity index (χ4n) is 1.46. The van der Waals surface area contributed by atoms with Crippen LogP contribution in [0.5, 0.6) is 0 Å². The maximum atomic E-state index is 8.84. The second-order valence-electron chi connectivity index (χ2n) is 3.43. The number of rotatable bonds is 6. The number of hydrazine groups is 1. The average molecular weight is 279 g/mol. The van der Waals surface area contributed by atoms with Crippen molar-refractivity contribution in [3.05, 3.63) is 16.1 Å². The zero-order valence-corrected chi connectivity index (χ0v) is 11.1. The highest BCUT2D eigenvalue weighted by atomic mass is 35.5. The summed E-state index contributed by atoms with van der Waals surface area (Å²) in [7, 11) is 0. The summed E-state index contributed by atoms with van der Waals surface area (Å²) in [6.07, 6.45) is 0.653. The van der Waals surface area contributed by atoms with Crippen molar-refractivity contribution in [2.75, 3.05) is 30.0 Å². The van der Waals surface area contributed by atoms with Crippen LogP contribution in [-0.2, 0) is 0 Å². The first-order chi connectivity index (χ1) is 8.13. The van der Waals surface area contributed by atoms with Gasteiger partial charge in [0.2, 0.25) is 0 Å². The summed E-state index contributed by atoms with van der Waals surface area (Å²) >= 11 is 12.0. The molecule has 0 fully saturated rings. The van der Waals surface area contributed by atoms with Crippen LogP contribution in [0.2, 0.25) is 10.0 Å². The van der Waals surface area contributed by atoms with E-state index >= 15 is 0 Å². The smallest absolute Gasteiger partial charge is 0.161 e. The number of aliphatic hydroxyl groups excluding tert-OH is 1. The molecule has 0 amide bonds. The van der Waals surface area contributed by atoms with Gasteiger partial charge in [-0.05, 0) is 19.4 Å². The minimum Gasteiger partial charge on any atom is -0.396 e. The van der Waals surface area contributed by atoms with Gasteiger partial charge in [-0.15, -0.1) is 0 Å². The summed E-state index contributed by atoms with van der Waals surface area (Å²) in [5.41, 5.74) is 2.42. The Morgan fingerprint density at radius 2 is 2.18 bits per heavy atom. The minimum atomic E-state index is 0.129. The van der Waals surface area contributed by atoms with Crippen LogP contribution in [0.3, 0.4) is 0 Å². The van der Waals surface area contributed by atoms with Gasteiger partial charge in [-0.2, -0.15) is 0 Å². The lowest BCUT2D eigenvalue weighted by Gasteiger charge is -2.23. The summed E-state index contributed by atoms with van der Waals surface area (Å²) in [6, 6.07) is 1.60. The maximum absolute atomic E-state index is 8.84. The number of pyridine rings is 1. The Bertz CT molecular complexity index is 376. The number of nitrogens with two attached hydrogens (primary N) is 1. The molecular weight excluding hydrogens is 263 g/mol. The number of anilines is 2. The van der Waals surface area contributed by atoms with Gasteiger partial charge in [0.1, 0.15) is 5.82 Å². The third kappa shape index (κ3) is 3.61. The van der Waals surface area contributed by atoms with Crippen LogP contribution in [0.25, 0.3) is 0 Å². The molecule has 0 saturated heterocycles. The predicted octanol–water partition coefficient (Wildman–Crippen LogP) is 1.88. The molecule has 96 valence electrons. The SMILES string of the molecule is CCN(CCCO)c1nc(NN)c(Cl)cc1Cl. The van der Waals surface area contributed by atoms with Gasteiger partial charge in [0.05, 0.1) is 10.0 Å². The Labute approximate surface area is 110 Å². The molecule has 1 rings (SSSR count). The molecule has 1 aromatic rings. The average Bonchev–Trinajstić information content (AvgIpc) is 2.32. The Hall–Kier alpha value is -0.750. The van der Waals surface area contributed by atoms with Crippen LogP contribution in [-0.4, -0.2) is 29.8 Å². The van der Waals surface area contributed by atoms with E-state index in [2.05, 4.69) is 10.4 Å². The highest BCUT2D eigenvalue weighted by Crippen LogP contribution is 2.31. The van der Waals surface area contributed by atoms with Crippen LogP contribution >= 0.6 is 23.2 Å². The van der Waals surface area contributed by atoms with Crippen LogP contribution in [0.1, 0.15) is 13.3 Å². The Morgan fingerprint density at radius 1 is 1.47 bits per heavy atom. The molecule has 0 aromatic carbocycles. The molecule has 0 unspecified atom stereocenters. The summed E-state index contributed by atoms with van der Waals surface area (Å²) < 4.78 is 0. The van der Waals surface area contributed by atoms with Gasteiger partial charge in [-0.3, -0.25) is 0 Å². The van der Waals surface area contributed by atoms with Crippen molar-refractivity contribution in [2.24, 2.45) is 5.84 Å². The molecule has 17 heavy (non-hydrogen) atoms. The topological polar surface area (TPSA) is 74.4 Å². The quantitative estimate of drug-likeness (QED) is 0.547. The van der Waals surface area contributed by atoms with E-state index in [-0.39, 0.29) is 6.61 Å². The van der Waals surface area contributed by atoms with Crippen molar-refractivity contribution in [1.82, 2.24) is 4.98 Å². The van der Waals surface area contributed by atoms with Gasteiger partial charge in [0, 0.05) is 19.7 Å². The molecule has 0 spiro atoms. The van der Waals surface area contributed by atoms with E-state index in [1.54, 1.807) is 6.07 Å². The summed E-state index contributed by atoms with van der Waals surface area (Å²) in [6.45, 7) is 3.52. The van der Waals surface area contributed by atoms with Crippen molar-refractivity contribution in [1.29, 1.82) is 0 Å². The van der Waals surface area contributed by atoms with Gasteiger partial charge >= 0.3 is 0 Å². The summed E-state index contributed by atoms with van der Waals surface area (Å²) in [5.74, 6) is 6.31. The second kappa shape index (κ2) is 6.86. The van der Waals surface area contributed by atoms with Crippen LogP contribution in [0.4, 0.5) is 11.6 Å². The molecule has 5 nitrogen and oxygen atoms in total. The minimum absolute atomic E-state index is 0.129. The first kappa shape index (κ1) is 14.3. The third-order valence-corrected chi connectivity index (χ3v) is 2.88. The number of nitrogens with one attached hydrogen (secondary N) is 1. The number of nitrogen functional groups attached to an aromatic ring is 1. The summed E-state index contributed by atoms with van der Waals surface area (Å²) in [5, 5.41) is 9.68. The number of nitrogens with zero attached hydrogens (tertiary/aromatic N) is 2. The van der Waals surface area contributed by atoms with E-state index in [1.165, 1.54) is 0 Å². The van der Waals surface area contributed by atoms with Crippen LogP contribution in [0.15, 0.2) is 6.07 Å². The van der Waals surface area contributed by atoms with Crippen molar-refractivity contribution >= 4 is 34.8 Å². The predicted molar refractivity (Wildman–Crippen MR) is 71.7 cm³/mol. The fourth-order valence-corrected chi connectivity index (χ4v) is 1.99. The van der Waals surface area contributed by atoms with Gasteiger partial charge in [-0.1, -0.05) is 23.2 Å². The largest absolute Gasteiger partial charge is 0.396 e. The van der Waals surface area contributed by atoms with E-state index in [4.69, 9.17) is 34.2 Å². The van der Waals surface area contributed by atoms with E-state index in [1.807, 2.05) is 11.8 Å². The Balaban J connectivity index is 3.01. The molecule has 0 saturated carbocycles. The number of halogens is 2. The van der Waals surface area contributed by atoms with Gasteiger partial charge in [0.15, 0.2) is 5.82 Å². The van der Waals surface area contributed by atoms with E-state index in [0.717, 1.165) is 6.54 Å². The summed E-state index contributed by atoms with van der Waals surface area (Å²) in [4.78, 5) is 6.21. The number of aromatic nitrogens is 1. The second-order valence-corrected chi connectivity index (χ2v) is 4.24. The number of aliphatic hydroxyl groups is 1. The molecule has 0 atom stereocenters. The maximum Gasteiger partial charge on any atom is 0.161 e. The van der Waals surface area contributed by atoms with E-state index in [9.17, 15) is 0 Å². The molecule has 0 aliphatic carbocycles. The standard InChI is InChI=1S/C10H16Cl2N4O/c1-2-16(4-3-5-17)10-8(12)6-7(11)9(14-10)15-13/h6,17H,2-5,13H2,1H3,(H,14,15). The fraction of sp³-hybridized carbons (Fsp3) is 0.500. The van der Waals surface area contributed by atoms with Crippen LogP contribution < -0.4 is 16.2 Å². The van der Waals surface area contributed by atoms with Crippen molar-refractivity contribution in [2.45, 2.75) is 13.3 Å². The molecule has 1 heterocycles. The zero-order valence-electron chi connectivity index (χ0n) is 9.58. The molecule has 0 bridgehead atoms. The Kier molecular flexibility index (Phi) is 5.77. The van der Waals surface area contributed by atoms with E-state index < -0.39 is 0 Å². The molecule has 1 aromatic heterocycles. The number of hydrogen-bond acceptors (Lipinski definition) is 5. The Morgan fingerprint density at radius 3 is 2.71 bits per heavy atom. The molecule has 0 radical (unpaired) electrons. The highest BCUT2D eigenvalue weighted by Gasteiger charge is 2.13. The first-order valence-electron chi connectivity index (χ1n) is 5.32. The van der Waals surface area contributed by atoms with Crippen molar-refractivity contribution < 1.29 is 5.11 Å². The molecule has 7 heteroatoms. The van der Waals surface area contributed by atoms with Crippen molar-refractivity contribution in [3.63, 3.8) is 0 Å². The lowest BCUT2D eigenvalue weighted by molar-refractivity contribution is 0.289. The highest BCUT2D eigenvalue weighted by molar-refractivity contribution is 6.37. The van der Waals surface area contributed by atoms with Gasteiger partial charge in [-0.25, -0.2) is 10.8 Å². The normalized spacial score (nSPS) is 10.4. The van der Waals surface area contributed by atoms with Crippen molar-refractivity contribution in [3.8, 4) is 0 Å². The lowest BCUT2D eigenvalue weighted by atomic mass is 10.3. The molecular formula is C10H16Cl2N4O. The van der Waals surface area contributed by atoms with Gasteiger partial charge < -0.3 is 15.4 Å². The first-order valence-corrected chi connectivity index (χ1v) is 6.08. The molecule has 0 aliphatic heterocycles. The van der Waals surface area contributed by atoms with E-state index in [0.29, 0.717) is 34.6 Å². The van der Waals surface area contributed by atoms with Gasteiger partial charge in [0.25, 0.3) is 0 Å². The zero-order chi connectivity index (χ0) is 12.8. The van der Waals surface area contributed by atoms with Crippen LogP contribution in [0, 0.1) is 0 Å². The monoisotopic (exact) mass is 278 g/mol. The molecule has 0 aliphatic rings. The lowest BCUT2D eigenvalue weighted by Crippen LogP contribution is -2.26. The molecule has 4 N–H and O–H groups in total. The number of hydrogen-bond donors (Lipinski definition) is 3.